The zero-order chi connectivity index (χ0) is 15.9. The number of rotatable bonds is 6. The van der Waals surface area contributed by atoms with Crippen LogP contribution in [-0.4, -0.2) is 59.0 Å². The molecule has 0 unspecified atom stereocenters. The Morgan fingerprint density at radius 3 is 2.41 bits per heavy atom. The number of likely N-dealkylation sites (N-methyl/N-ethyl adjacent to an activating group) is 1. The Morgan fingerprint density at radius 1 is 1.18 bits per heavy atom. The Labute approximate surface area is 132 Å². The molecular formula is C17H28N2O3+2. The van der Waals surface area contributed by atoms with Crippen molar-refractivity contribution in [3.05, 3.63) is 29.8 Å². The first-order chi connectivity index (χ1) is 10.6. The second kappa shape index (κ2) is 8.15. The van der Waals surface area contributed by atoms with E-state index in [9.17, 15) is 4.79 Å². The highest BCUT2D eigenvalue weighted by atomic mass is 16.5. The summed E-state index contributed by atoms with van der Waals surface area (Å²) in [5.41, 5.74) is 0.952. The van der Waals surface area contributed by atoms with Gasteiger partial charge in [0.2, 0.25) is 0 Å². The number of esters is 1. The summed E-state index contributed by atoms with van der Waals surface area (Å²) in [6.45, 7) is 7.60. The van der Waals surface area contributed by atoms with Gasteiger partial charge >= 0.3 is 5.97 Å². The van der Waals surface area contributed by atoms with Crippen LogP contribution < -0.4 is 14.5 Å². The first-order valence-corrected chi connectivity index (χ1v) is 8.04. The van der Waals surface area contributed by atoms with Crippen LogP contribution in [0.4, 0.5) is 0 Å². The maximum atomic E-state index is 12.0. The molecular weight excluding hydrogens is 280 g/mol. The van der Waals surface area contributed by atoms with Crippen molar-refractivity contribution in [1.29, 1.82) is 0 Å². The molecule has 1 aromatic rings. The fraction of sp³-hybridized carbons (Fsp3) is 0.588. The Balaban J connectivity index is 1.73. The molecule has 1 fully saturated rings. The number of piperazine rings is 1. The third-order valence-corrected chi connectivity index (χ3v) is 4.23. The highest BCUT2D eigenvalue weighted by Gasteiger charge is 2.23. The molecule has 22 heavy (non-hydrogen) atoms. The summed E-state index contributed by atoms with van der Waals surface area (Å²) in [4.78, 5) is 15.1. The van der Waals surface area contributed by atoms with Gasteiger partial charge in [0.15, 0.2) is 0 Å². The van der Waals surface area contributed by atoms with E-state index in [0.717, 1.165) is 30.9 Å². The van der Waals surface area contributed by atoms with E-state index in [0.29, 0.717) is 6.42 Å². The van der Waals surface area contributed by atoms with Gasteiger partial charge in [-0.25, -0.2) is 0 Å². The van der Waals surface area contributed by atoms with E-state index in [1.165, 1.54) is 18.0 Å². The standard InChI is InChI=1S/C17H26N2O3/c1-14(13-19-10-8-18(2)9-11-19)22-17(20)12-15-4-6-16(21-3)7-5-15/h4-7,14H,8-13H2,1-3H3/p+2/t14-/m0/s1. The number of nitrogens with one attached hydrogen (secondary N) is 2. The van der Waals surface area contributed by atoms with Gasteiger partial charge in [-0.15, -0.1) is 0 Å². The fourth-order valence-electron chi connectivity index (χ4n) is 2.86. The van der Waals surface area contributed by atoms with Crippen molar-refractivity contribution in [3.8, 4) is 5.75 Å². The van der Waals surface area contributed by atoms with Gasteiger partial charge in [-0.2, -0.15) is 0 Å². The van der Waals surface area contributed by atoms with Crippen LogP contribution >= 0.6 is 0 Å². The predicted molar refractivity (Wildman–Crippen MR) is 84.4 cm³/mol. The summed E-state index contributed by atoms with van der Waals surface area (Å²) < 4.78 is 10.7. The number of ether oxygens (including phenoxy) is 2. The Kier molecular flexibility index (Phi) is 6.21. The number of methoxy groups -OCH3 is 1. The summed E-state index contributed by atoms with van der Waals surface area (Å²) >= 11 is 0. The van der Waals surface area contributed by atoms with Crippen molar-refractivity contribution in [2.45, 2.75) is 19.4 Å². The maximum absolute atomic E-state index is 12.0. The number of benzene rings is 1. The highest BCUT2D eigenvalue weighted by molar-refractivity contribution is 5.72. The third-order valence-electron chi connectivity index (χ3n) is 4.23. The quantitative estimate of drug-likeness (QED) is 0.634. The van der Waals surface area contributed by atoms with Crippen LogP contribution in [0.15, 0.2) is 24.3 Å². The molecule has 0 spiro atoms. The van der Waals surface area contributed by atoms with Crippen molar-refractivity contribution in [2.24, 2.45) is 0 Å². The Hall–Kier alpha value is -1.59. The summed E-state index contributed by atoms with van der Waals surface area (Å²) in [6.07, 6.45) is 0.287. The van der Waals surface area contributed by atoms with Crippen LogP contribution in [0.25, 0.3) is 0 Å². The predicted octanol–water partition coefficient (Wildman–Crippen LogP) is -1.42. The minimum absolute atomic E-state index is 0.0286. The lowest BCUT2D eigenvalue weighted by atomic mass is 10.1. The van der Waals surface area contributed by atoms with Crippen molar-refractivity contribution >= 4 is 5.97 Å². The Bertz CT molecular complexity index is 467. The van der Waals surface area contributed by atoms with E-state index in [4.69, 9.17) is 9.47 Å². The minimum Gasteiger partial charge on any atom is -0.497 e. The van der Waals surface area contributed by atoms with Crippen molar-refractivity contribution in [3.63, 3.8) is 0 Å². The van der Waals surface area contributed by atoms with E-state index in [-0.39, 0.29) is 12.1 Å². The minimum atomic E-state index is -0.156. The molecule has 2 N–H and O–H groups in total. The maximum Gasteiger partial charge on any atom is 0.310 e. The van der Waals surface area contributed by atoms with Crippen molar-refractivity contribution in [2.75, 3.05) is 46.9 Å². The van der Waals surface area contributed by atoms with Gasteiger partial charge in [0.1, 0.15) is 44.6 Å². The van der Waals surface area contributed by atoms with Crippen molar-refractivity contribution in [1.82, 2.24) is 0 Å². The molecule has 0 aliphatic carbocycles. The molecule has 0 saturated carbocycles. The molecule has 5 nitrogen and oxygen atoms in total. The lowest BCUT2D eigenvalue weighted by Gasteiger charge is -2.28. The molecule has 0 amide bonds. The van der Waals surface area contributed by atoms with Gasteiger partial charge in [0.05, 0.1) is 20.6 Å². The number of hydrogen-bond donors (Lipinski definition) is 2. The molecule has 1 aliphatic rings. The van der Waals surface area contributed by atoms with E-state index in [2.05, 4.69) is 7.05 Å². The third kappa shape index (κ3) is 5.31. The summed E-state index contributed by atoms with van der Waals surface area (Å²) in [7, 11) is 3.86. The first-order valence-electron chi connectivity index (χ1n) is 8.04. The highest BCUT2D eigenvalue weighted by Crippen LogP contribution is 2.12. The molecule has 1 aromatic carbocycles. The average molecular weight is 308 g/mol. The van der Waals surface area contributed by atoms with Gasteiger partial charge in [0, 0.05) is 0 Å². The second-order valence-electron chi connectivity index (χ2n) is 6.24. The largest absolute Gasteiger partial charge is 0.497 e. The van der Waals surface area contributed by atoms with Gasteiger partial charge in [-0.05, 0) is 24.6 Å². The molecule has 1 aliphatic heterocycles. The summed E-state index contributed by atoms with van der Waals surface area (Å²) in [5, 5.41) is 0. The van der Waals surface area contributed by atoms with Crippen LogP contribution in [0.1, 0.15) is 12.5 Å². The van der Waals surface area contributed by atoms with E-state index in [1.807, 2.05) is 31.2 Å². The van der Waals surface area contributed by atoms with E-state index >= 15 is 0 Å². The zero-order valence-electron chi connectivity index (χ0n) is 13.9. The van der Waals surface area contributed by atoms with E-state index < -0.39 is 0 Å². The number of quaternary nitrogens is 2. The molecule has 5 heteroatoms. The van der Waals surface area contributed by atoms with E-state index in [1.54, 1.807) is 12.0 Å². The molecule has 1 heterocycles. The summed E-state index contributed by atoms with van der Waals surface area (Å²) in [6, 6.07) is 7.53. The molecule has 0 aromatic heterocycles. The Morgan fingerprint density at radius 2 is 1.82 bits per heavy atom. The van der Waals surface area contributed by atoms with Gasteiger partial charge < -0.3 is 19.3 Å². The molecule has 0 radical (unpaired) electrons. The molecule has 1 atom stereocenters. The van der Waals surface area contributed by atoms with Crippen LogP contribution in [0.5, 0.6) is 5.75 Å². The molecule has 1 saturated heterocycles. The SMILES string of the molecule is COc1ccc(CC(=O)O[C@@H](C)C[NH+]2CC[NH+](C)CC2)cc1. The van der Waals surface area contributed by atoms with Gasteiger partial charge in [-0.3, -0.25) is 4.79 Å². The average Bonchev–Trinajstić information content (AvgIpc) is 2.50. The number of carbonyl (C=O) groups is 1. The van der Waals surface area contributed by atoms with Crippen LogP contribution in [0.2, 0.25) is 0 Å². The van der Waals surface area contributed by atoms with Crippen molar-refractivity contribution < 1.29 is 24.1 Å². The van der Waals surface area contributed by atoms with Crippen LogP contribution in [0.3, 0.4) is 0 Å². The lowest BCUT2D eigenvalue weighted by Crippen LogP contribution is -3.27. The monoisotopic (exact) mass is 308 g/mol. The number of hydrogen-bond acceptors (Lipinski definition) is 3. The molecule has 2 rings (SSSR count). The fourth-order valence-corrected chi connectivity index (χ4v) is 2.86. The second-order valence-corrected chi connectivity index (χ2v) is 6.24. The normalized spacial score (nSPS) is 22.9. The molecule has 122 valence electrons. The topological polar surface area (TPSA) is 44.4 Å². The molecule has 0 bridgehead atoms. The van der Waals surface area contributed by atoms with Crippen LogP contribution in [0, 0.1) is 0 Å². The number of carbonyl (C=O) groups excluding carboxylic acids is 1. The summed E-state index contributed by atoms with van der Waals surface area (Å²) in [5.74, 6) is 0.642. The van der Waals surface area contributed by atoms with Gasteiger partial charge in [-0.1, -0.05) is 12.1 Å². The first kappa shape index (κ1) is 16.8. The van der Waals surface area contributed by atoms with Gasteiger partial charge in [0.25, 0.3) is 0 Å². The smallest absolute Gasteiger partial charge is 0.310 e. The zero-order valence-corrected chi connectivity index (χ0v) is 13.9. The van der Waals surface area contributed by atoms with Crippen LogP contribution in [-0.2, 0) is 16.0 Å². The lowest BCUT2D eigenvalue weighted by molar-refractivity contribution is -1.00.